The molecule has 1 aromatic carbocycles. The summed E-state index contributed by atoms with van der Waals surface area (Å²) in [6.07, 6.45) is 5.78. The number of aliphatic imine (C=N–C) groups is 1. The summed E-state index contributed by atoms with van der Waals surface area (Å²) in [5.41, 5.74) is 3.43. The molecule has 26 heavy (non-hydrogen) atoms. The number of aryl methyl sites for hydroxylation is 1. The second-order valence-electron chi connectivity index (χ2n) is 6.14. The van der Waals surface area contributed by atoms with Crippen LogP contribution in [0.25, 0.3) is 5.69 Å². The monoisotopic (exact) mass is 414 g/mol. The largest absolute Gasteiger partial charge is 0.352 e. The summed E-state index contributed by atoms with van der Waals surface area (Å²) in [6.45, 7) is 1.47. The summed E-state index contributed by atoms with van der Waals surface area (Å²) >= 11 is 3.52. The van der Waals surface area contributed by atoms with Crippen LogP contribution < -0.4 is 5.32 Å². The first kappa shape index (κ1) is 18.3. The molecular formula is C19H23BrN6. The van der Waals surface area contributed by atoms with Gasteiger partial charge in [-0.15, -0.1) is 0 Å². The zero-order chi connectivity index (χ0) is 18.5. The topological polar surface area (TPSA) is 50.4 Å². The quantitative estimate of drug-likeness (QED) is 0.515. The van der Waals surface area contributed by atoms with Crippen LogP contribution in [-0.2, 0) is 20.1 Å². The maximum atomic E-state index is 4.40. The summed E-state index contributed by atoms with van der Waals surface area (Å²) in [7, 11) is 5.89. The highest BCUT2D eigenvalue weighted by atomic mass is 79.9. The summed E-state index contributed by atoms with van der Waals surface area (Å²) < 4.78 is 5.06. The van der Waals surface area contributed by atoms with Crippen molar-refractivity contribution < 1.29 is 0 Å². The molecule has 0 fully saturated rings. The molecule has 0 spiro atoms. The molecule has 3 rings (SSSR count). The fourth-order valence-corrected chi connectivity index (χ4v) is 3.41. The molecule has 2 heterocycles. The number of halogens is 1. The van der Waals surface area contributed by atoms with E-state index in [0.717, 1.165) is 22.7 Å². The third-order valence-electron chi connectivity index (χ3n) is 4.18. The Labute approximate surface area is 162 Å². The van der Waals surface area contributed by atoms with Crippen LogP contribution >= 0.6 is 15.9 Å². The number of guanidine groups is 1. The van der Waals surface area contributed by atoms with Gasteiger partial charge in [-0.25, -0.2) is 4.68 Å². The molecule has 136 valence electrons. The van der Waals surface area contributed by atoms with Crippen LogP contribution in [0, 0.1) is 0 Å². The Bertz CT molecular complexity index is 881. The van der Waals surface area contributed by atoms with Crippen molar-refractivity contribution in [3.63, 3.8) is 0 Å². The molecule has 0 amide bonds. The van der Waals surface area contributed by atoms with Gasteiger partial charge in [0.2, 0.25) is 0 Å². The van der Waals surface area contributed by atoms with E-state index < -0.39 is 0 Å². The summed E-state index contributed by atoms with van der Waals surface area (Å²) in [5.74, 6) is 0.854. The summed E-state index contributed by atoms with van der Waals surface area (Å²) in [5, 5.41) is 7.71. The Balaban J connectivity index is 1.64. The van der Waals surface area contributed by atoms with E-state index in [1.54, 1.807) is 13.2 Å². The van der Waals surface area contributed by atoms with Gasteiger partial charge in [-0.1, -0.05) is 12.1 Å². The maximum absolute atomic E-state index is 4.40. The second kappa shape index (κ2) is 8.23. The maximum Gasteiger partial charge on any atom is 0.194 e. The van der Waals surface area contributed by atoms with Crippen LogP contribution in [0.2, 0.25) is 0 Å². The highest BCUT2D eigenvalue weighted by Crippen LogP contribution is 2.15. The second-order valence-corrected chi connectivity index (χ2v) is 7.05. The first-order chi connectivity index (χ1) is 12.6. The lowest BCUT2D eigenvalue weighted by Gasteiger charge is -2.22. The van der Waals surface area contributed by atoms with Gasteiger partial charge >= 0.3 is 0 Å². The first-order valence-electron chi connectivity index (χ1n) is 8.38. The Morgan fingerprint density at radius 3 is 2.81 bits per heavy atom. The van der Waals surface area contributed by atoms with Gasteiger partial charge in [-0.3, -0.25) is 4.99 Å². The van der Waals surface area contributed by atoms with Crippen molar-refractivity contribution in [1.82, 2.24) is 24.6 Å². The number of hydrogen-bond acceptors (Lipinski definition) is 2. The number of nitrogens with zero attached hydrogens (tertiary/aromatic N) is 5. The Kier molecular flexibility index (Phi) is 5.78. The van der Waals surface area contributed by atoms with Gasteiger partial charge in [0.15, 0.2) is 5.96 Å². The molecule has 0 saturated heterocycles. The third kappa shape index (κ3) is 4.35. The molecule has 3 aromatic rings. The number of nitrogens with one attached hydrogen (secondary N) is 1. The van der Waals surface area contributed by atoms with E-state index in [1.165, 1.54) is 11.3 Å². The van der Waals surface area contributed by atoms with Gasteiger partial charge in [-0.05, 0) is 45.8 Å². The van der Waals surface area contributed by atoms with Gasteiger partial charge in [0.1, 0.15) is 0 Å². The molecule has 0 saturated carbocycles. The highest BCUT2D eigenvalue weighted by Gasteiger charge is 2.10. The van der Waals surface area contributed by atoms with E-state index in [2.05, 4.69) is 65.2 Å². The summed E-state index contributed by atoms with van der Waals surface area (Å²) in [6, 6.07) is 12.4. The van der Waals surface area contributed by atoms with Crippen molar-refractivity contribution in [2.75, 3.05) is 14.1 Å². The molecule has 7 heteroatoms. The minimum absolute atomic E-state index is 0.697. The molecule has 0 radical (unpaired) electrons. The Morgan fingerprint density at radius 1 is 1.31 bits per heavy atom. The van der Waals surface area contributed by atoms with E-state index in [0.29, 0.717) is 6.54 Å². The standard InChI is InChI=1S/C19H23BrN6/c1-21-19(25(3)14-18-11-16(20)13-24(18)2)22-12-15-6-4-7-17(10-15)26-9-5-8-23-26/h4-11,13H,12,14H2,1-3H3,(H,21,22). The molecular weight excluding hydrogens is 392 g/mol. The van der Waals surface area contributed by atoms with E-state index in [9.17, 15) is 0 Å². The Hall–Kier alpha value is -2.54. The SMILES string of the molecule is CN=C(NCc1cccc(-n2cccn2)c1)N(C)Cc1cc(Br)cn1C. The van der Waals surface area contributed by atoms with Gasteiger partial charge < -0.3 is 14.8 Å². The average molecular weight is 415 g/mol. The normalized spacial score (nSPS) is 11.6. The first-order valence-corrected chi connectivity index (χ1v) is 9.17. The molecule has 0 atom stereocenters. The van der Waals surface area contributed by atoms with Crippen molar-refractivity contribution in [3.05, 3.63) is 70.7 Å². The van der Waals surface area contributed by atoms with Crippen LogP contribution in [0.3, 0.4) is 0 Å². The Morgan fingerprint density at radius 2 is 2.15 bits per heavy atom. The number of hydrogen-bond donors (Lipinski definition) is 1. The number of aromatic nitrogens is 3. The van der Waals surface area contributed by atoms with Crippen molar-refractivity contribution in [2.45, 2.75) is 13.1 Å². The van der Waals surface area contributed by atoms with Crippen molar-refractivity contribution in [2.24, 2.45) is 12.0 Å². The number of rotatable bonds is 5. The molecule has 0 unspecified atom stereocenters. The fourth-order valence-electron chi connectivity index (χ4n) is 2.84. The molecule has 6 nitrogen and oxygen atoms in total. The zero-order valence-electron chi connectivity index (χ0n) is 15.2. The van der Waals surface area contributed by atoms with Crippen LogP contribution in [0.1, 0.15) is 11.3 Å². The van der Waals surface area contributed by atoms with Crippen molar-refractivity contribution in [1.29, 1.82) is 0 Å². The molecule has 1 N–H and O–H groups in total. The lowest BCUT2D eigenvalue weighted by atomic mass is 10.2. The van der Waals surface area contributed by atoms with Crippen molar-refractivity contribution in [3.8, 4) is 5.69 Å². The molecule has 0 bridgehead atoms. The van der Waals surface area contributed by atoms with Crippen LogP contribution in [-0.4, -0.2) is 39.3 Å². The van der Waals surface area contributed by atoms with Crippen LogP contribution in [0.4, 0.5) is 0 Å². The van der Waals surface area contributed by atoms with E-state index in [1.807, 2.05) is 43.2 Å². The fraction of sp³-hybridized carbons (Fsp3) is 0.263. The summed E-state index contributed by atoms with van der Waals surface area (Å²) in [4.78, 5) is 6.51. The van der Waals surface area contributed by atoms with E-state index in [-0.39, 0.29) is 0 Å². The van der Waals surface area contributed by atoms with Gasteiger partial charge in [0.05, 0.1) is 12.2 Å². The molecule has 0 aliphatic heterocycles. The third-order valence-corrected chi connectivity index (χ3v) is 4.61. The van der Waals surface area contributed by atoms with E-state index in [4.69, 9.17) is 0 Å². The van der Waals surface area contributed by atoms with Gasteiger partial charge in [0.25, 0.3) is 0 Å². The van der Waals surface area contributed by atoms with E-state index >= 15 is 0 Å². The number of benzene rings is 1. The van der Waals surface area contributed by atoms with Crippen LogP contribution in [0.15, 0.2) is 64.5 Å². The molecule has 2 aromatic heterocycles. The molecule has 0 aliphatic rings. The predicted molar refractivity (Wildman–Crippen MR) is 108 cm³/mol. The average Bonchev–Trinajstić information content (AvgIpc) is 3.26. The predicted octanol–water partition coefficient (Wildman–Crippen LogP) is 3.18. The van der Waals surface area contributed by atoms with Crippen LogP contribution in [0.5, 0.6) is 0 Å². The minimum Gasteiger partial charge on any atom is -0.352 e. The molecule has 0 aliphatic carbocycles. The minimum atomic E-state index is 0.697. The smallest absolute Gasteiger partial charge is 0.194 e. The van der Waals surface area contributed by atoms with Crippen molar-refractivity contribution >= 4 is 21.9 Å². The lowest BCUT2D eigenvalue weighted by Crippen LogP contribution is -2.38. The highest BCUT2D eigenvalue weighted by molar-refractivity contribution is 9.10. The van der Waals surface area contributed by atoms with Gasteiger partial charge in [0, 0.05) is 56.4 Å². The zero-order valence-corrected chi connectivity index (χ0v) is 16.8. The van der Waals surface area contributed by atoms with Gasteiger partial charge in [-0.2, -0.15) is 5.10 Å². The lowest BCUT2D eigenvalue weighted by molar-refractivity contribution is 0.461.